The number of aromatic hydroxyl groups is 2. The van der Waals surface area contributed by atoms with Crippen molar-refractivity contribution in [1.29, 1.82) is 0 Å². The second-order valence-electron chi connectivity index (χ2n) is 6.51. The minimum atomic E-state index is -0.156. The summed E-state index contributed by atoms with van der Waals surface area (Å²) in [6.07, 6.45) is 3.21. The molecule has 4 heteroatoms. The first kappa shape index (κ1) is 14.4. The molecule has 3 N–H and O–H groups in total. The highest BCUT2D eigenvalue weighted by atomic mass is 16.5. The molecule has 0 amide bonds. The lowest BCUT2D eigenvalue weighted by Gasteiger charge is -2.37. The maximum absolute atomic E-state index is 9.94. The van der Waals surface area contributed by atoms with E-state index in [2.05, 4.69) is 0 Å². The van der Waals surface area contributed by atoms with Crippen LogP contribution in [0.3, 0.4) is 0 Å². The zero-order chi connectivity index (χ0) is 16.0. The summed E-state index contributed by atoms with van der Waals surface area (Å²) in [6.45, 7) is -0.156. The van der Waals surface area contributed by atoms with Gasteiger partial charge in [0.15, 0.2) is 0 Å². The molecular weight excluding hydrogens is 292 g/mol. The molecule has 1 saturated carbocycles. The summed E-state index contributed by atoms with van der Waals surface area (Å²) in [4.78, 5) is 0. The third kappa shape index (κ3) is 2.34. The summed E-state index contributed by atoms with van der Waals surface area (Å²) in [6, 6.07) is 10.5. The van der Waals surface area contributed by atoms with Gasteiger partial charge in [-0.15, -0.1) is 0 Å². The Morgan fingerprint density at radius 2 is 1.78 bits per heavy atom. The zero-order valence-electron chi connectivity index (χ0n) is 12.8. The second-order valence-corrected chi connectivity index (χ2v) is 6.51. The largest absolute Gasteiger partial charge is 0.508 e. The first-order valence-corrected chi connectivity index (χ1v) is 8.09. The molecule has 1 aliphatic heterocycles. The van der Waals surface area contributed by atoms with Crippen LogP contribution < -0.4 is 4.74 Å². The SMILES string of the molecule is OCc1cc(O)cc2c1OC(c1ccc(O)cc1)C1CCC[C@H]21. The molecular formula is C19H20O4. The number of ether oxygens (including phenoxy) is 1. The number of phenols is 2. The highest BCUT2D eigenvalue weighted by molar-refractivity contribution is 5.51. The Morgan fingerprint density at radius 3 is 2.52 bits per heavy atom. The predicted molar refractivity (Wildman–Crippen MR) is 85.6 cm³/mol. The van der Waals surface area contributed by atoms with Gasteiger partial charge in [0.05, 0.1) is 6.61 Å². The van der Waals surface area contributed by atoms with Crippen molar-refractivity contribution < 1.29 is 20.1 Å². The number of phenolic OH excluding ortho intramolecular Hbond substituents is 2. The Hall–Kier alpha value is -2.20. The van der Waals surface area contributed by atoms with E-state index in [9.17, 15) is 15.3 Å². The minimum absolute atomic E-state index is 0.0783. The molecule has 4 nitrogen and oxygen atoms in total. The lowest BCUT2D eigenvalue weighted by molar-refractivity contribution is 0.0999. The number of hydrogen-bond donors (Lipinski definition) is 3. The van der Waals surface area contributed by atoms with E-state index in [1.807, 2.05) is 12.1 Å². The molecule has 120 valence electrons. The molecule has 0 bridgehead atoms. The average molecular weight is 312 g/mol. The molecule has 0 radical (unpaired) electrons. The number of hydrogen-bond acceptors (Lipinski definition) is 4. The third-order valence-corrected chi connectivity index (χ3v) is 5.17. The second kappa shape index (κ2) is 5.46. The van der Waals surface area contributed by atoms with Gasteiger partial charge in [-0.2, -0.15) is 0 Å². The van der Waals surface area contributed by atoms with Crippen LogP contribution in [0.1, 0.15) is 48.0 Å². The monoisotopic (exact) mass is 312 g/mol. The molecule has 0 spiro atoms. The fraction of sp³-hybridized carbons (Fsp3) is 0.368. The summed E-state index contributed by atoms with van der Waals surface area (Å²) in [7, 11) is 0. The van der Waals surface area contributed by atoms with Gasteiger partial charge in [0.1, 0.15) is 23.4 Å². The number of rotatable bonds is 2. The van der Waals surface area contributed by atoms with Crippen LogP contribution in [0.4, 0.5) is 0 Å². The number of benzene rings is 2. The lowest BCUT2D eigenvalue weighted by Crippen LogP contribution is -2.27. The van der Waals surface area contributed by atoms with Crippen molar-refractivity contribution in [2.24, 2.45) is 5.92 Å². The summed E-state index contributed by atoms with van der Waals surface area (Å²) in [5.74, 6) is 1.85. The molecule has 3 atom stereocenters. The Morgan fingerprint density at radius 1 is 1.00 bits per heavy atom. The molecule has 0 aromatic heterocycles. The van der Waals surface area contributed by atoms with Crippen molar-refractivity contribution in [1.82, 2.24) is 0 Å². The number of fused-ring (bicyclic) bond motifs is 3. The molecule has 2 unspecified atom stereocenters. The van der Waals surface area contributed by atoms with Gasteiger partial charge >= 0.3 is 0 Å². The molecule has 1 fully saturated rings. The van der Waals surface area contributed by atoms with Crippen LogP contribution in [0, 0.1) is 5.92 Å². The highest BCUT2D eigenvalue weighted by Gasteiger charge is 2.42. The fourth-order valence-corrected chi connectivity index (χ4v) is 4.16. The topological polar surface area (TPSA) is 69.9 Å². The van der Waals surface area contributed by atoms with E-state index in [1.54, 1.807) is 24.3 Å². The molecule has 4 rings (SSSR count). The van der Waals surface area contributed by atoms with Crippen molar-refractivity contribution in [3.8, 4) is 17.2 Å². The maximum atomic E-state index is 9.94. The Bertz CT molecular complexity index is 723. The summed E-state index contributed by atoms with van der Waals surface area (Å²) in [5, 5.41) is 29.1. The van der Waals surface area contributed by atoms with E-state index in [0.717, 1.165) is 30.4 Å². The van der Waals surface area contributed by atoms with Crippen LogP contribution in [0.5, 0.6) is 17.2 Å². The van der Waals surface area contributed by atoms with Crippen molar-refractivity contribution in [2.75, 3.05) is 0 Å². The van der Waals surface area contributed by atoms with E-state index in [1.165, 1.54) is 0 Å². The van der Waals surface area contributed by atoms with E-state index >= 15 is 0 Å². The van der Waals surface area contributed by atoms with Crippen LogP contribution in [0.25, 0.3) is 0 Å². The van der Waals surface area contributed by atoms with Crippen molar-refractivity contribution >= 4 is 0 Å². The molecule has 23 heavy (non-hydrogen) atoms. The number of aliphatic hydroxyl groups is 1. The predicted octanol–water partition coefficient (Wildman–Crippen LogP) is 3.61. The van der Waals surface area contributed by atoms with Crippen LogP contribution in [-0.2, 0) is 6.61 Å². The molecule has 1 aliphatic carbocycles. The van der Waals surface area contributed by atoms with Gasteiger partial charge in [0.2, 0.25) is 0 Å². The first-order valence-electron chi connectivity index (χ1n) is 8.09. The number of aliphatic hydroxyl groups excluding tert-OH is 1. The first-order chi connectivity index (χ1) is 11.2. The molecule has 2 aliphatic rings. The fourth-order valence-electron chi connectivity index (χ4n) is 4.16. The normalized spacial score (nSPS) is 25.5. The van der Waals surface area contributed by atoms with Crippen LogP contribution in [0.2, 0.25) is 0 Å². The third-order valence-electron chi connectivity index (χ3n) is 5.17. The molecule has 0 saturated heterocycles. The van der Waals surface area contributed by atoms with Gasteiger partial charge in [-0.3, -0.25) is 0 Å². The Balaban J connectivity index is 1.81. The van der Waals surface area contributed by atoms with Gasteiger partial charge in [0, 0.05) is 17.0 Å². The van der Waals surface area contributed by atoms with Gasteiger partial charge in [-0.1, -0.05) is 18.6 Å². The molecule has 2 aromatic carbocycles. The minimum Gasteiger partial charge on any atom is -0.508 e. The standard InChI is InChI=1S/C19H20O4/c20-10-12-8-14(22)9-17-15-2-1-3-16(15)18(23-19(12)17)11-4-6-13(21)7-5-11/h4-9,15-16,18,20-22H,1-3,10H2/t15-,16?,18?/m0/s1. The summed E-state index contributed by atoms with van der Waals surface area (Å²) in [5.41, 5.74) is 2.70. The van der Waals surface area contributed by atoms with E-state index in [4.69, 9.17) is 4.74 Å². The molecule has 1 heterocycles. The van der Waals surface area contributed by atoms with Gasteiger partial charge in [0.25, 0.3) is 0 Å². The van der Waals surface area contributed by atoms with Gasteiger partial charge in [-0.05, 0) is 48.6 Å². The van der Waals surface area contributed by atoms with Crippen LogP contribution in [-0.4, -0.2) is 15.3 Å². The van der Waals surface area contributed by atoms with Crippen molar-refractivity contribution in [2.45, 2.75) is 37.9 Å². The Labute approximate surface area is 135 Å². The highest BCUT2D eigenvalue weighted by Crippen LogP contribution is 2.55. The van der Waals surface area contributed by atoms with E-state index < -0.39 is 0 Å². The zero-order valence-corrected chi connectivity index (χ0v) is 12.8. The lowest BCUT2D eigenvalue weighted by atomic mass is 9.79. The molecule has 2 aromatic rings. The quantitative estimate of drug-likeness (QED) is 0.792. The maximum Gasteiger partial charge on any atom is 0.129 e. The van der Waals surface area contributed by atoms with E-state index in [-0.39, 0.29) is 24.2 Å². The van der Waals surface area contributed by atoms with Crippen LogP contribution >= 0.6 is 0 Å². The average Bonchev–Trinajstić information content (AvgIpc) is 3.04. The summed E-state index contributed by atoms with van der Waals surface area (Å²) < 4.78 is 6.30. The van der Waals surface area contributed by atoms with Gasteiger partial charge < -0.3 is 20.1 Å². The van der Waals surface area contributed by atoms with E-state index in [0.29, 0.717) is 23.1 Å². The van der Waals surface area contributed by atoms with Crippen LogP contribution in [0.15, 0.2) is 36.4 Å². The summed E-state index contributed by atoms with van der Waals surface area (Å²) >= 11 is 0. The Kier molecular flexibility index (Phi) is 3.42. The van der Waals surface area contributed by atoms with Crippen molar-refractivity contribution in [3.63, 3.8) is 0 Å². The van der Waals surface area contributed by atoms with Crippen molar-refractivity contribution in [3.05, 3.63) is 53.1 Å². The smallest absolute Gasteiger partial charge is 0.129 e. The van der Waals surface area contributed by atoms with Gasteiger partial charge in [-0.25, -0.2) is 0 Å².